The number of benzene rings is 1. The molecule has 1 aliphatic rings. The predicted octanol–water partition coefficient (Wildman–Crippen LogP) is 2.65. The number of nitrogens with one attached hydrogen (secondary N) is 1. The highest BCUT2D eigenvalue weighted by Crippen LogP contribution is 2.35. The molecule has 0 aromatic heterocycles. The van der Waals surface area contributed by atoms with Gasteiger partial charge in [-0.25, -0.2) is 4.79 Å². The monoisotopic (exact) mass is 477 g/mol. The smallest absolute Gasteiger partial charge is 0.475 e. The number of hydrogen-bond donors (Lipinski definition) is 3. The van der Waals surface area contributed by atoms with Gasteiger partial charge in [-0.2, -0.15) is 26.3 Å². The Labute approximate surface area is 177 Å². The number of fused-ring (bicyclic) bond motifs is 1. The van der Waals surface area contributed by atoms with Crippen molar-refractivity contribution in [2.24, 2.45) is 5.73 Å². The minimum absolute atomic E-state index is 0.0851. The van der Waals surface area contributed by atoms with E-state index in [1.807, 2.05) is 5.32 Å². The average Bonchev–Trinajstić information content (AvgIpc) is 3.02. The second-order valence-electron chi connectivity index (χ2n) is 6.35. The van der Waals surface area contributed by atoms with Crippen LogP contribution in [0, 0.1) is 0 Å². The van der Waals surface area contributed by atoms with Crippen LogP contribution in [0.15, 0.2) is 18.2 Å². The van der Waals surface area contributed by atoms with E-state index in [-0.39, 0.29) is 6.42 Å². The molecule has 4 N–H and O–H groups in total. The first kappa shape index (κ1) is 26.5. The van der Waals surface area contributed by atoms with E-state index in [4.69, 9.17) is 27.2 Å². The molecule has 2 amide bonds. The van der Waals surface area contributed by atoms with Crippen molar-refractivity contribution in [1.82, 2.24) is 5.32 Å². The van der Waals surface area contributed by atoms with E-state index < -0.39 is 48.8 Å². The Morgan fingerprint density at radius 2 is 1.81 bits per heavy atom. The van der Waals surface area contributed by atoms with Gasteiger partial charge >= 0.3 is 18.3 Å². The molecular weight excluding hydrogens is 460 g/mol. The molecule has 7 nitrogen and oxygen atoms in total. The fourth-order valence-electron chi connectivity index (χ4n) is 2.56. The van der Waals surface area contributed by atoms with E-state index in [1.165, 1.54) is 4.90 Å². The quantitative estimate of drug-likeness (QED) is 0.577. The summed E-state index contributed by atoms with van der Waals surface area (Å²) in [6, 6.07) is 2.78. The van der Waals surface area contributed by atoms with Gasteiger partial charge in [-0.05, 0) is 30.2 Å². The fourth-order valence-corrected chi connectivity index (χ4v) is 2.76. The van der Waals surface area contributed by atoms with E-state index in [2.05, 4.69) is 0 Å². The van der Waals surface area contributed by atoms with Crippen LogP contribution in [0.2, 0.25) is 5.02 Å². The number of carboxylic acids is 1. The minimum Gasteiger partial charge on any atom is -0.475 e. The topological polar surface area (TPSA) is 113 Å². The first-order valence-corrected chi connectivity index (χ1v) is 8.98. The lowest BCUT2D eigenvalue weighted by atomic mass is 10.1. The second kappa shape index (κ2) is 10.2. The number of carbonyl (C=O) groups excluding carboxylic acids is 2. The zero-order valence-corrected chi connectivity index (χ0v) is 16.6. The fraction of sp³-hybridized carbons (Fsp3) is 0.471. The Morgan fingerprint density at radius 1 is 1.26 bits per heavy atom. The van der Waals surface area contributed by atoms with Gasteiger partial charge in [0, 0.05) is 17.1 Å². The highest BCUT2D eigenvalue weighted by atomic mass is 35.5. The summed E-state index contributed by atoms with van der Waals surface area (Å²) in [6.07, 6.45) is -9.18. The molecule has 0 aliphatic carbocycles. The maximum absolute atomic E-state index is 12.5. The summed E-state index contributed by atoms with van der Waals surface area (Å²) in [6.45, 7) is 0.251. The molecule has 0 fully saturated rings. The van der Waals surface area contributed by atoms with Crippen LogP contribution in [-0.2, 0) is 20.8 Å². The van der Waals surface area contributed by atoms with Crippen molar-refractivity contribution >= 4 is 35.1 Å². The van der Waals surface area contributed by atoms with E-state index in [9.17, 15) is 35.9 Å². The summed E-state index contributed by atoms with van der Waals surface area (Å²) in [5, 5.41) is 9.36. The summed E-state index contributed by atoms with van der Waals surface area (Å²) in [5.41, 5.74) is 6.82. The van der Waals surface area contributed by atoms with Crippen LogP contribution in [-0.4, -0.2) is 53.9 Å². The van der Waals surface area contributed by atoms with Gasteiger partial charge < -0.3 is 16.2 Å². The molecule has 1 aromatic rings. The van der Waals surface area contributed by atoms with Crippen LogP contribution in [0.4, 0.5) is 32.0 Å². The van der Waals surface area contributed by atoms with Crippen LogP contribution in [0.5, 0.6) is 0 Å². The van der Waals surface area contributed by atoms with Crippen LogP contribution < -0.4 is 16.0 Å². The number of amides is 2. The van der Waals surface area contributed by atoms with Crippen molar-refractivity contribution in [3.05, 3.63) is 28.8 Å². The molecule has 0 unspecified atom stereocenters. The van der Waals surface area contributed by atoms with Crippen LogP contribution in [0.25, 0.3) is 0 Å². The van der Waals surface area contributed by atoms with E-state index >= 15 is 0 Å². The molecule has 1 aromatic carbocycles. The lowest BCUT2D eigenvalue weighted by molar-refractivity contribution is -0.192. The molecular formula is C17H18ClF6N3O4. The number of hydrogen-bond acceptors (Lipinski definition) is 4. The molecule has 0 saturated heterocycles. The van der Waals surface area contributed by atoms with Crippen molar-refractivity contribution in [2.45, 2.75) is 44.2 Å². The number of carboxylic acid groups (broad SMARTS) is 1. The Morgan fingerprint density at radius 3 is 2.26 bits per heavy atom. The number of carbonyl (C=O) groups is 3. The third-order valence-corrected chi connectivity index (χ3v) is 4.26. The van der Waals surface area contributed by atoms with Crippen LogP contribution in [0.1, 0.15) is 18.9 Å². The van der Waals surface area contributed by atoms with Gasteiger partial charge in [0.15, 0.2) is 0 Å². The summed E-state index contributed by atoms with van der Waals surface area (Å²) < 4.78 is 68.7. The van der Waals surface area contributed by atoms with Gasteiger partial charge in [0.1, 0.15) is 12.6 Å². The Bertz CT molecular complexity index is 831. The van der Waals surface area contributed by atoms with E-state index in [1.54, 1.807) is 25.1 Å². The van der Waals surface area contributed by atoms with Gasteiger partial charge in [0.2, 0.25) is 11.8 Å². The molecule has 1 aliphatic heterocycles. The number of nitrogens with zero attached hydrogens (tertiary/aromatic N) is 1. The van der Waals surface area contributed by atoms with Crippen LogP contribution >= 0.6 is 11.6 Å². The van der Waals surface area contributed by atoms with Crippen molar-refractivity contribution in [1.29, 1.82) is 0 Å². The molecule has 1 heterocycles. The SMILES string of the molecule is CC[C@H](N)C(=O)N1c2ccc(Cl)cc2C[C@H]1C(=O)NCC(F)(F)F.O=C(O)C(F)(F)F. The molecule has 14 heteroatoms. The maximum Gasteiger partial charge on any atom is 0.490 e. The number of aliphatic carboxylic acids is 1. The third kappa shape index (κ3) is 7.58. The molecule has 174 valence electrons. The first-order valence-electron chi connectivity index (χ1n) is 8.60. The van der Waals surface area contributed by atoms with E-state index in [0.717, 1.165) is 0 Å². The first-order chi connectivity index (χ1) is 14.1. The minimum atomic E-state index is -5.08. The number of anilines is 1. The Balaban J connectivity index is 0.000000592. The average molecular weight is 478 g/mol. The van der Waals surface area contributed by atoms with Gasteiger partial charge in [-0.1, -0.05) is 18.5 Å². The number of halogens is 7. The van der Waals surface area contributed by atoms with Crippen molar-refractivity contribution in [3.8, 4) is 0 Å². The van der Waals surface area contributed by atoms with Gasteiger partial charge in [-0.3, -0.25) is 14.5 Å². The molecule has 0 spiro atoms. The Hall–Kier alpha value is -2.54. The number of alkyl halides is 6. The largest absolute Gasteiger partial charge is 0.490 e. The molecule has 0 radical (unpaired) electrons. The summed E-state index contributed by atoms with van der Waals surface area (Å²) >= 11 is 5.91. The second-order valence-corrected chi connectivity index (χ2v) is 6.79. The highest BCUT2D eigenvalue weighted by molar-refractivity contribution is 6.30. The maximum atomic E-state index is 12.5. The summed E-state index contributed by atoms with van der Waals surface area (Å²) in [7, 11) is 0. The molecule has 0 bridgehead atoms. The van der Waals surface area contributed by atoms with Gasteiger partial charge in [0.05, 0.1) is 6.04 Å². The van der Waals surface area contributed by atoms with E-state index in [0.29, 0.717) is 22.7 Å². The van der Waals surface area contributed by atoms with Crippen LogP contribution in [0.3, 0.4) is 0 Å². The van der Waals surface area contributed by atoms with Gasteiger partial charge in [-0.15, -0.1) is 0 Å². The summed E-state index contributed by atoms with van der Waals surface area (Å²) in [5.74, 6) is -4.14. The number of rotatable bonds is 4. The predicted molar refractivity (Wildman–Crippen MR) is 97.5 cm³/mol. The third-order valence-electron chi connectivity index (χ3n) is 4.03. The lowest BCUT2D eigenvalue weighted by Gasteiger charge is -2.27. The standard InChI is InChI=1S/C15H17ClF3N3O2.C2HF3O2/c1-2-10(20)14(24)22-11-4-3-9(16)5-8(11)6-12(22)13(23)21-7-15(17,18)19;3-2(4,5)1(6)7/h3-5,10,12H,2,6-7,20H2,1H3,(H,21,23);(H,6,7)/t10-,12-;/m0./s1. The molecule has 0 saturated carbocycles. The molecule has 2 rings (SSSR count). The Kier molecular flexibility index (Phi) is 8.70. The zero-order chi connectivity index (χ0) is 24.1. The molecule has 2 atom stereocenters. The normalized spacial score (nSPS) is 16.7. The highest BCUT2D eigenvalue weighted by Gasteiger charge is 2.41. The summed E-state index contributed by atoms with van der Waals surface area (Å²) in [4.78, 5) is 34.8. The van der Waals surface area contributed by atoms with Crippen molar-refractivity contribution in [2.75, 3.05) is 11.4 Å². The molecule has 31 heavy (non-hydrogen) atoms. The van der Waals surface area contributed by atoms with Gasteiger partial charge in [0.25, 0.3) is 0 Å². The lowest BCUT2D eigenvalue weighted by Crippen LogP contribution is -2.53. The number of nitrogens with two attached hydrogens (primary N) is 1. The van der Waals surface area contributed by atoms with Crippen molar-refractivity contribution in [3.63, 3.8) is 0 Å². The zero-order valence-electron chi connectivity index (χ0n) is 15.9. The van der Waals surface area contributed by atoms with Crippen molar-refractivity contribution < 1.29 is 45.8 Å².